The molecule has 0 spiro atoms. The minimum Gasteiger partial charge on any atom is -0.361 e. The van der Waals surface area contributed by atoms with Gasteiger partial charge in [-0.3, -0.25) is 10.0 Å². The van der Waals surface area contributed by atoms with Crippen molar-refractivity contribution < 1.29 is 14.7 Å². The van der Waals surface area contributed by atoms with Crippen molar-refractivity contribution in [1.29, 1.82) is 0 Å². The molecule has 0 aliphatic rings. The molecule has 0 saturated heterocycles. The Labute approximate surface area is 40.8 Å². The van der Waals surface area contributed by atoms with E-state index < -0.39 is 5.91 Å². The van der Waals surface area contributed by atoms with Crippen LogP contribution in [0.25, 0.3) is 0 Å². The van der Waals surface area contributed by atoms with Crippen molar-refractivity contribution in [2.45, 2.75) is 0 Å². The third-order valence-corrected chi connectivity index (χ3v) is 0.314. The van der Waals surface area contributed by atoms with E-state index >= 15 is 0 Å². The van der Waals surface area contributed by atoms with Crippen LogP contribution in [0.1, 0.15) is 0 Å². The van der Waals surface area contributed by atoms with Crippen molar-refractivity contribution >= 4 is 12.1 Å². The largest absolute Gasteiger partial charge is 0.361 e. The summed E-state index contributed by atoms with van der Waals surface area (Å²) in [5.74, 6) is -0.662. The van der Waals surface area contributed by atoms with E-state index in [2.05, 4.69) is 5.73 Å². The second-order valence-corrected chi connectivity index (χ2v) is 1.11. The lowest BCUT2D eigenvalue weighted by molar-refractivity contribution is -0.750. The molecule has 4 heteroatoms. The molecular weight excluding hydrogens is 96.0 g/mol. The lowest BCUT2D eigenvalue weighted by Gasteiger charge is -1.74. The van der Waals surface area contributed by atoms with Gasteiger partial charge in [0.25, 0.3) is 6.21 Å². The van der Waals surface area contributed by atoms with Gasteiger partial charge >= 0.3 is 5.91 Å². The molecule has 4 nitrogen and oxygen atoms in total. The molecule has 40 valence electrons. The second-order valence-electron chi connectivity index (χ2n) is 1.11. The van der Waals surface area contributed by atoms with Crippen LogP contribution in [0.5, 0.6) is 0 Å². The third kappa shape index (κ3) is 4.94. The normalized spacial score (nSPS) is 11.3. The quantitative estimate of drug-likeness (QED) is 0.185. The fourth-order valence-corrected chi connectivity index (χ4v) is 0.184. The van der Waals surface area contributed by atoms with E-state index in [9.17, 15) is 4.79 Å². The Morgan fingerprint density at radius 1 is 2.00 bits per heavy atom. The molecule has 0 unspecified atom stereocenters. The van der Waals surface area contributed by atoms with Gasteiger partial charge in [-0.05, 0) is 4.74 Å². The highest BCUT2D eigenvalue weighted by atomic mass is 16.5. The maximum Gasteiger partial charge on any atom is 0.309 e. The number of hydrogen-bond donors (Lipinski definition) is 2. The van der Waals surface area contributed by atoms with Gasteiger partial charge in [0.05, 0.1) is 0 Å². The summed E-state index contributed by atoms with van der Waals surface area (Å²) in [6.45, 7) is 0. The fourth-order valence-electron chi connectivity index (χ4n) is 0.184. The highest BCUT2D eigenvalue weighted by molar-refractivity contribution is 6.23. The summed E-state index contributed by atoms with van der Waals surface area (Å²) < 4.78 is 0.600. The molecular formula is C3H7N2O2+. The molecule has 0 aromatic rings. The number of primary amides is 1. The molecule has 3 N–H and O–H groups in total. The van der Waals surface area contributed by atoms with E-state index in [4.69, 9.17) is 5.21 Å². The monoisotopic (exact) mass is 103 g/mol. The third-order valence-electron chi connectivity index (χ3n) is 0.314. The van der Waals surface area contributed by atoms with Crippen LogP contribution in [0.15, 0.2) is 0 Å². The van der Waals surface area contributed by atoms with Crippen LogP contribution in [0, 0.1) is 0 Å². The molecule has 0 atom stereocenters. The molecule has 0 heterocycles. The minimum absolute atomic E-state index is 0.600. The highest BCUT2D eigenvalue weighted by Crippen LogP contribution is 1.47. The van der Waals surface area contributed by atoms with Gasteiger partial charge in [0.15, 0.2) is 7.05 Å². The van der Waals surface area contributed by atoms with Gasteiger partial charge in [0.1, 0.15) is 0 Å². The number of amides is 1. The van der Waals surface area contributed by atoms with Gasteiger partial charge in [-0.25, -0.2) is 0 Å². The summed E-state index contributed by atoms with van der Waals surface area (Å²) in [4.78, 5) is 9.77. The molecule has 0 aromatic heterocycles. The smallest absolute Gasteiger partial charge is 0.309 e. The molecule has 0 aliphatic heterocycles. The Kier molecular flexibility index (Phi) is 1.84. The summed E-state index contributed by atoms with van der Waals surface area (Å²) in [6, 6.07) is 0. The van der Waals surface area contributed by atoms with Crippen molar-refractivity contribution in [3.63, 3.8) is 0 Å². The number of nitrogens with two attached hydrogens (primary N) is 1. The Balaban J connectivity index is 3.68. The van der Waals surface area contributed by atoms with Gasteiger partial charge in [-0.15, -0.1) is 0 Å². The van der Waals surface area contributed by atoms with Gasteiger partial charge in [0, 0.05) is 0 Å². The minimum atomic E-state index is -0.662. The molecule has 0 rings (SSSR count). The zero-order chi connectivity index (χ0) is 5.86. The van der Waals surface area contributed by atoms with Crippen molar-refractivity contribution in [3.8, 4) is 0 Å². The van der Waals surface area contributed by atoms with Crippen molar-refractivity contribution in [2.75, 3.05) is 7.05 Å². The number of carbonyl (C=O) groups excluding carboxylic acids is 1. The van der Waals surface area contributed by atoms with Gasteiger partial charge in [-0.1, -0.05) is 0 Å². The van der Waals surface area contributed by atoms with Gasteiger partial charge in [0.2, 0.25) is 0 Å². The summed E-state index contributed by atoms with van der Waals surface area (Å²) in [6.07, 6.45) is 0.861. The van der Waals surface area contributed by atoms with E-state index in [-0.39, 0.29) is 0 Å². The molecule has 1 amide bonds. The van der Waals surface area contributed by atoms with Gasteiger partial charge in [-0.2, -0.15) is 0 Å². The summed E-state index contributed by atoms with van der Waals surface area (Å²) >= 11 is 0. The van der Waals surface area contributed by atoms with E-state index in [1.54, 1.807) is 0 Å². The van der Waals surface area contributed by atoms with Crippen molar-refractivity contribution in [2.24, 2.45) is 5.73 Å². The standard InChI is InChI=1S/C3H6N2O2/c1-5(7)2-3(4)6/h2H,1H3,(H2-,4,6,7)/p+1. The van der Waals surface area contributed by atoms with Gasteiger partial charge < -0.3 is 5.73 Å². The Bertz CT molecular complexity index is 104. The average molecular weight is 103 g/mol. The molecule has 0 aliphatic carbocycles. The number of nitrogens with zero attached hydrogens (tertiary/aromatic N) is 1. The van der Waals surface area contributed by atoms with Crippen LogP contribution in [0.4, 0.5) is 0 Å². The Morgan fingerprint density at radius 2 is 2.43 bits per heavy atom. The highest BCUT2D eigenvalue weighted by Gasteiger charge is 1.91. The number of hydroxylamine groups is 1. The first-order valence-electron chi connectivity index (χ1n) is 1.69. The van der Waals surface area contributed by atoms with Crippen LogP contribution < -0.4 is 5.73 Å². The molecule has 0 fully saturated rings. The van der Waals surface area contributed by atoms with Crippen LogP contribution in [0.2, 0.25) is 0 Å². The molecule has 0 aromatic carbocycles. The number of carbonyl (C=O) groups is 1. The van der Waals surface area contributed by atoms with Crippen molar-refractivity contribution in [3.05, 3.63) is 0 Å². The Morgan fingerprint density at radius 3 is 2.43 bits per heavy atom. The summed E-state index contributed by atoms with van der Waals surface area (Å²) in [5.41, 5.74) is 4.60. The SMILES string of the molecule is C[N+](O)=CC(N)=O. The maximum atomic E-state index is 9.77. The predicted molar refractivity (Wildman–Crippen MR) is 23.2 cm³/mol. The lowest BCUT2D eigenvalue weighted by atomic mass is 10.7. The Hall–Kier alpha value is -1.06. The lowest BCUT2D eigenvalue weighted by Crippen LogP contribution is -2.17. The topological polar surface area (TPSA) is 66.3 Å². The molecule has 0 bridgehead atoms. The molecule has 0 radical (unpaired) electrons. The van der Waals surface area contributed by atoms with E-state index in [0.717, 1.165) is 6.21 Å². The first kappa shape index (κ1) is 5.94. The zero-order valence-corrected chi connectivity index (χ0v) is 3.96. The van der Waals surface area contributed by atoms with E-state index in [1.165, 1.54) is 7.05 Å². The summed E-state index contributed by atoms with van der Waals surface area (Å²) in [5, 5.41) is 8.20. The maximum absolute atomic E-state index is 9.77. The number of hydrogen-bond acceptors (Lipinski definition) is 2. The fraction of sp³-hybridized carbons (Fsp3) is 0.333. The molecule has 0 saturated carbocycles. The van der Waals surface area contributed by atoms with Crippen LogP contribution >= 0.6 is 0 Å². The summed E-state index contributed by atoms with van der Waals surface area (Å²) in [7, 11) is 1.30. The first-order valence-corrected chi connectivity index (χ1v) is 1.69. The average Bonchev–Trinajstić information content (AvgIpc) is 1.27. The van der Waals surface area contributed by atoms with Crippen LogP contribution in [0.3, 0.4) is 0 Å². The number of rotatable bonds is 1. The van der Waals surface area contributed by atoms with Crippen LogP contribution in [-0.4, -0.2) is 29.1 Å². The van der Waals surface area contributed by atoms with E-state index in [1.807, 2.05) is 0 Å². The van der Waals surface area contributed by atoms with E-state index in [0.29, 0.717) is 4.74 Å². The van der Waals surface area contributed by atoms with Crippen LogP contribution in [-0.2, 0) is 4.79 Å². The second kappa shape index (κ2) is 2.17. The zero-order valence-electron chi connectivity index (χ0n) is 3.96. The first-order chi connectivity index (χ1) is 3.13. The predicted octanol–water partition coefficient (Wildman–Crippen LogP) is -1.43. The molecule has 7 heavy (non-hydrogen) atoms. The van der Waals surface area contributed by atoms with Crippen molar-refractivity contribution in [1.82, 2.24) is 0 Å².